The normalized spacial score (nSPS) is 21.9. The van der Waals surface area contributed by atoms with Crippen LogP contribution in [-0.2, 0) is 4.79 Å². The Morgan fingerprint density at radius 2 is 2.15 bits per heavy atom. The number of hydrogen-bond acceptors (Lipinski definition) is 3. The monoisotopic (exact) mass is 282 g/mol. The van der Waals surface area contributed by atoms with Crippen molar-refractivity contribution in [3.05, 3.63) is 29.6 Å². The Labute approximate surface area is 114 Å². The fourth-order valence-corrected chi connectivity index (χ4v) is 2.23. The van der Waals surface area contributed by atoms with Gasteiger partial charge in [-0.25, -0.2) is 14.0 Å². The van der Waals surface area contributed by atoms with Crippen LogP contribution in [0.1, 0.15) is 12.0 Å². The number of β-amino-alcohol motifs (C(OH)–C–C–N with tert-alkyl or cyclic N) is 1. The first-order chi connectivity index (χ1) is 9.38. The lowest BCUT2D eigenvalue weighted by Crippen LogP contribution is -2.43. The summed E-state index contributed by atoms with van der Waals surface area (Å²) in [4.78, 5) is 24.2. The van der Waals surface area contributed by atoms with E-state index in [1.54, 1.807) is 6.92 Å². The standard InChI is InChI=1S/C13H15FN2O4/c1-7-4-8(14)2-3-10(7)15-13(20)16-6-9(17)5-11(16)12(18)19/h2-4,9,11,17H,5-6H2,1H3,(H,15,20)(H,18,19)/t9?,11-/m0/s1. The number of carbonyl (C=O) groups excluding carboxylic acids is 1. The van der Waals surface area contributed by atoms with E-state index in [4.69, 9.17) is 5.11 Å². The molecule has 0 radical (unpaired) electrons. The summed E-state index contributed by atoms with van der Waals surface area (Å²) in [5, 5.41) is 21.0. The summed E-state index contributed by atoms with van der Waals surface area (Å²) in [6, 6.07) is 2.21. The van der Waals surface area contributed by atoms with E-state index in [0.29, 0.717) is 11.3 Å². The number of aryl methyl sites for hydroxylation is 1. The van der Waals surface area contributed by atoms with Crippen LogP contribution in [0, 0.1) is 12.7 Å². The summed E-state index contributed by atoms with van der Waals surface area (Å²) >= 11 is 0. The lowest BCUT2D eigenvalue weighted by Gasteiger charge is -2.22. The van der Waals surface area contributed by atoms with E-state index in [9.17, 15) is 19.1 Å². The maximum atomic E-state index is 13.0. The first kappa shape index (κ1) is 14.3. The highest BCUT2D eigenvalue weighted by Crippen LogP contribution is 2.21. The van der Waals surface area contributed by atoms with E-state index < -0.39 is 30.0 Å². The van der Waals surface area contributed by atoms with Gasteiger partial charge in [0.05, 0.1) is 6.10 Å². The summed E-state index contributed by atoms with van der Waals surface area (Å²) in [6.45, 7) is 1.59. The second-order valence-electron chi connectivity index (χ2n) is 4.79. The second kappa shape index (κ2) is 5.46. The van der Waals surface area contributed by atoms with E-state index in [-0.39, 0.29) is 13.0 Å². The molecule has 0 aliphatic carbocycles. The van der Waals surface area contributed by atoms with Gasteiger partial charge in [0.2, 0.25) is 0 Å². The van der Waals surface area contributed by atoms with Gasteiger partial charge in [-0.15, -0.1) is 0 Å². The molecule has 6 nitrogen and oxygen atoms in total. The van der Waals surface area contributed by atoms with Crippen LogP contribution in [-0.4, -0.2) is 45.8 Å². The molecule has 1 aromatic carbocycles. The minimum Gasteiger partial charge on any atom is -0.480 e. The van der Waals surface area contributed by atoms with Crippen LogP contribution < -0.4 is 5.32 Å². The van der Waals surface area contributed by atoms with E-state index in [1.165, 1.54) is 18.2 Å². The minimum absolute atomic E-state index is 0.00511. The molecule has 1 heterocycles. The number of rotatable bonds is 2. The van der Waals surface area contributed by atoms with Crippen molar-refractivity contribution in [2.75, 3.05) is 11.9 Å². The van der Waals surface area contributed by atoms with Crippen LogP contribution in [0.4, 0.5) is 14.9 Å². The van der Waals surface area contributed by atoms with Gasteiger partial charge in [-0.3, -0.25) is 0 Å². The molecule has 3 N–H and O–H groups in total. The number of amides is 2. The number of aliphatic hydroxyl groups excluding tert-OH is 1. The molecule has 1 fully saturated rings. The number of likely N-dealkylation sites (tertiary alicyclic amines) is 1. The second-order valence-corrected chi connectivity index (χ2v) is 4.79. The molecule has 2 atom stereocenters. The van der Waals surface area contributed by atoms with Gasteiger partial charge >= 0.3 is 12.0 Å². The fourth-order valence-electron chi connectivity index (χ4n) is 2.23. The third-order valence-corrected chi connectivity index (χ3v) is 3.25. The predicted octanol–water partition coefficient (Wildman–Crippen LogP) is 1.19. The van der Waals surface area contributed by atoms with Gasteiger partial charge < -0.3 is 20.4 Å². The molecular formula is C13H15FN2O4. The third-order valence-electron chi connectivity index (χ3n) is 3.25. The van der Waals surface area contributed by atoms with Crippen molar-refractivity contribution in [2.24, 2.45) is 0 Å². The van der Waals surface area contributed by atoms with Crippen LogP contribution in [0.25, 0.3) is 0 Å². The summed E-state index contributed by atoms with van der Waals surface area (Å²) in [5.41, 5.74) is 0.937. The zero-order valence-corrected chi connectivity index (χ0v) is 10.8. The molecule has 1 unspecified atom stereocenters. The van der Waals surface area contributed by atoms with Gasteiger partial charge in [0.25, 0.3) is 0 Å². The topological polar surface area (TPSA) is 89.9 Å². The lowest BCUT2D eigenvalue weighted by atomic mass is 10.2. The molecule has 2 amide bonds. The number of hydrogen-bond donors (Lipinski definition) is 3. The van der Waals surface area contributed by atoms with Crippen molar-refractivity contribution in [2.45, 2.75) is 25.5 Å². The van der Waals surface area contributed by atoms with Crippen molar-refractivity contribution in [1.82, 2.24) is 4.90 Å². The van der Waals surface area contributed by atoms with Gasteiger partial charge in [0, 0.05) is 18.7 Å². The zero-order valence-electron chi connectivity index (χ0n) is 10.8. The Bertz CT molecular complexity index is 549. The Morgan fingerprint density at radius 1 is 1.45 bits per heavy atom. The van der Waals surface area contributed by atoms with E-state index in [1.807, 2.05) is 0 Å². The Balaban J connectivity index is 2.13. The maximum Gasteiger partial charge on any atom is 0.326 e. The molecule has 108 valence electrons. The number of benzene rings is 1. The quantitative estimate of drug-likeness (QED) is 0.760. The zero-order chi connectivity index (χ0) is 14.9. The molecule has 1 aliphatic heterocycles. The van der Waals surface area contributed by atoms with Crippen molar-refractivity contribution in [3.63, 3.8) is 0 Å². The maximum absolute atomic E-state index is 13.0. The average Bonchev–Trinajstić information content (AvgIpc) is 2.75. The predicted molar refractivity (Wildman–Crippen MR) is 68.9 cm³/mol. The van der Waals surface area contributed by atoms with Crippen molar-refractivity contribution in [3.8, 4) is 0 Å². The molecule has 20 heavy (non-hydrogen) atoms. The van der Waals surface area contributed by atoms with Crippen LogP contribution in [0.3, 0.4) is 0 Å². The molecule has 1 aromatic rings. The number of anilines is 1. The molecule has 0 bridgehead atoms. The first-order valence-electron chi connectivity index (χ1n) is 6.13. The fraction of sp³-hybridized carbons (Fsp3) is 0.385. The molecule has 1 saturated heterocycles. The average molecular weight is 282 g/mol. The van der Waals surface area contributed by atoms with Crippen LogP contribution in [0.5, 0.6) is 0 Å². The third kappa shape index (κ3) is 2.88. The van der Waals surface area contributed by atoms with Crippen molar-refractivity contribution in [1.29, 1.82) is 0 Å². The van der Waals surface area contributed by atoms with Gasteiger partial charge in [-0.05, 0) is 30.7 Å². The summed E-state index contributed by atoms with van der Waals surface area (Å²) in [5.74, 6) is -1.58. The van der Waals surface area contributed by atoms with Gasteiger partial charge in [-0.1, -0.05) is 0 Å². The summed E-state index contributed by atoms with van der Waals surface area (Å²) in [6.07, 6.45) is -0.846. The number of carbonyl (C=O) groups is 2. The summed E-state index contributed by atoms with van der Waals surface area (Å²) < 4.78 is 13.0. The summed E-state index contributed by atoms with van der Waals surface area (Å²) in [7, 11) is 0. The van der Waals surface area contributed by atoms with E-state index >= 15 is 0 Å². The van der Waals surface area contributed by atoms with Gasteiger partial charge in [0.15, 0.2) is 0 Å². The van der Waals surface area contributed by atoms with Crippen LogP contribution in [0.15, 0.2) is 18.2 Å². The number of nitrogens with one attached hydrogen (secondary N) is 1. The molecule has 1 aliphatic rings. The van der Waals surface area contributed by atoms with Crippen molar-refractivity contribution >= 4 is 17.7 Å². The van der Waals surface area contributed by atoms with Gasteiger partial charge in [-0.2, -0.15) is 0 Å². The molecule has 7 heteroatoms. The van der Waals surface area contributed by atoms with E-state index in [2.05, 4.69) is 5.32 Å². The number of aliphatic carboxylic acids is 1. The van der Waals surface area contributed by atoms with E-state index in [0.717, 1.165) is 4.90 Å². The smallest absolute Gasteiger partial charge is 0.326 e. The molecular weight excluding hydrogens is 267 g/mol. The number of carboxylic acids is 1. The molecule has 0 spiro atoms. The van der Waals surface area contributed by atoms with Gasteiger partial charge in [0.1, 0.15) is 11.9 Å². The van der Waals surface area contributed by atoms with Crippen molar-refractivity contribution < 1.29 is 24.2 Å². The highest BCUT2D eigenvalue weighted by Gasteiger charge is 2.39. The number of halogens is 1. The Morgan fingerprint density at radius 3 is 2.75 bits per heavy atom. The number of nitrogens with zero attached hydrogens (tertiary/aromatic N) is 1. The first-order valence-corrected chi connectivity index (χ1v) is 6.13. The Kier molecular flexibility index (Phi) is 3.89. The molecule has 0 saturated carbocycles. The highest BCUT2D eigenvalue weighted by molar-refractivity contribution is 5.93. The highest BCUT2D eigenvalue weighted by atomic mass is 19.1. The number of urea groups is 1. The lowest BCUT2D eigenvalue weighted by molar-refractivity contribution is -0.141. The molecule has 0 aromatic heterocycles. The minimum atomic E-state index is -1.16. The number of carboxylic acid groups (broad SMARTS) is 1. The number of aliphatic hydroxyl groups is 1. The molecule has 2 rings (SSSR count). The SMILES string of the molecule is Cc1cc(F)ccc1NC(=O)N1CC(O)C[C@H]1C(=O)O. The Hall–Kier alpha value is -2.15. The van der Waals surface area contributed by atoms with Crippen LogP contribution in [0.2, 0.25) is 0 Å². The largest absolute Gasteiger partial charge is 0.480 e. The van der Waals surface area contributed by atoms with Crippen LogP contribution >= 0.6 is 0 Å².